The zero-order valence-electron chi connectivity index (χ0n) is 11.8. The van der Waals surface area contributed by atoms with Crippen LogP contribution in [0.4, 0.5) is 0 Å². The van der Waals surface area contributed by atoms with E-state index in [1.54, 1.807) is 4.31 Å². The molecule has 2 heterocycles. The van der Waals surface area contributed by atoms with Gasteiger partial charge >= 0.3 is 0 Å². The summed E-state index contributed by atoms with van der Waals surface area (Å²) in [4.78, 5) is 0. The molecule has 2 unspecified atom stereocenters. The quantitative estimate of drug-likeness (QED) is 0.736. The number of hydrogen-bond acceptors (Lipinski definition) is 4. The molecular formula is C13H26N2O3S. The number of sulfonamides is 1. The molecule has 0 bridgehead atoms. The maximum atomic E-state index is 12.2. The third-order valence-corrected chi connectivity index (χ3v) is 5.97. The second-order valence-corrected chi connectivity index (χ2v) is 7.56. The van der Waals surface area contributed by atoms with E-state index in [0.717, 1.165) is 19.4 Å². The summed E-state index contributed by atoms with van der Waals surface area (Å²) >= 11 is 0. The topological polar surface area (TPSA) is 58.6 Å². The van der Waals surface area contributed by atoms with Crippen LogP contribution in [0.3, 0.4) is 0 Å². The van der Waals surface area contributed by atoms with Crippen molar-refractivity contribution >= 4 is 10.0 Å². The molecule has 2 aliphatic heterocycles. The molecule has 112 valence electrons. The molecule has 0 amide bonds. The van der Waals surface area contributed by atoms with E-state index in [1.807, 2.05) is 6.92 Å². The first-order valence-electron chi connectivity index (χ1n) is 7.42. The summed E-state index contributed by atoms with van der Waals surface area (Å²) in [6.07, 6.45) is 4.54. The highest BCUT2D eigenvalue weighted by Crippen LogP contribution is 2.26. The predicted molar refractivity (Wildman–Crippen MR) is 75.6 cm³/mol. The van der Waals surface area contributed by atoms with Crippen molar-refractivity contribution in [3.63, 3.8) is 0 Å². The summed E-state index contributed by atoms with van der Waals surface area (Å²) in [5, 5.41) is 3.50. The van der Waals surface area contributed by atoms with Gasteiger partial charge in [-0.3, -0.25) is 0 Å². The molecule has 6 heteroatoms. The van der Waals surface area contributed by atoms with E-state index >= 15 is 0 Å². The fourth-order valence-electron chi connectivity index (χ4n) is 3.11. The van der Waals surface area contributed by atoms with Gasteiger partial charge in [-0.05, 0) is 45.1 Å². The number of nitrogens with one attached hydrogen (secondary N) is 1. The van der Waals surface area contributed by atoms with Crippen LogP contribution in [-0.4, -0.2) is 57.4 Å². The van der Waals surface area contributed by atoms with Gasteiger partial charge in [0.05, 0.1) is 12.4 Å². The molecule has 0 aromatic heterocycles. The van der Waals surface area contributed by atoms with E-state index < -0.39 is 10.0 Å². The number of rotatable bonds is 6. The van der Waals surface area contributed by atoms with Crippen LogP contribution in [0.5, 0.6) is 0 Å². The van der Waals surface area contributed by atoms with Gasteiger partial charge in [0.25, 0.3) is 0 Å². The smallest absolute Gasteiger partial charge is 0.216 e. The Morgan fingerprint density at radius 3 is 2.84 bits per heavy atom. The average molecular weight is 290 g/mol. The van der Waals surface area contributed by atoms with Gasteiger partial charge < -0.3 is 10.1 Å². The molecule has 0 aromatic carbocycles. The Morgan fingerprint density at radius 2 is 2.16 bits per heavy atom. The van der Waals surface area contributed by atoms with Crippen LogP contribution in [0.15, 0.2) is 0 Å². The Kier molecular flexibility index (Phi) is 5.62. The molecule has 5 nitrogen and oxygen atoms in total. The van der Waals surface area contributed by atoms with Crippen LogP contribution < -0.4 is 5.32 Å². The van der Waals surface area contributed by atoms with Gasteiger partial charge in [0, 0.05) is 25.7 Å². The van der Waals surface area contributed by atoms with Gasteiger partial charge in [0.2, 0.25) is 10.0 Å². The van der Waals surface area contributed by atoms with E-state index in [0.29, 0.717) is 38.3 Å². The lowest BCUT2D eigenvalue weighted by Gasteiger charge is -2.35. The zero-order valence-corrected chi connectivity index (χ0v) is 12.6. The SMILES string of the molecule is CCOCCS(=O)(=O)N1CCCC(C2CCCN2)C1. The molecule has 0 saturated carbocycles. The predicted octanol–water partition coefficient (Wildman–Crippen LogP) is 0.817. The average Bonchev–Trinajstić information content (AvgIpc) is 2.93. The molecule has 0 aliphatic carbocycles. The summed E-state index contributed by atoms with van der Waals surface area (Å²) in [7, 11) is -3.14. The Balaban J connectivity index is 1.88. The van der Waals surface area contributed by atoms with Crippen molar-refractivity contribution in [2.24, 2.45) is 5.92 Å². The summed E-state index contributed by atoms with van der Waals surface area (Å²) in [5.74, 6) is 0.601. The summed E-state index contributed by atoms with van der Waals surface area (Å²) in [5.41, 5.74) is 0. The molecule has 0 radical (unpaired) electrons. The molecule has 2 atom stereocenters. The minimum Gasteiger partial charge on any atom is -0.381 e. The Labute approximate surface area is 116 Å². The normalized spacial score (nSPS) is 29.7. The molecule has 0 spiro atoms. The monoisotopic (exact) mass is 290 g/mol. The lowest BCUT2D eigenvalue weighted by atomic mass is 9.91. The summed E-state index contributed by atoms with van der Waals surface area (Å²) in [6.45, 7) is 5.21. The number of piperidine rings is 1. The van der Waals surface area contributed by atoms with Crippen molar-refractivity contribution in [1.82, 2.24) is 9.62 Å². The molecule has 2 saturated heterocycles. The highest BCUT2D eigenvalue weighted by molar-refractivity contribution is 7.89. The number of nitrogens with zero attached hydrogens (tertiary/aromatic N) is 1. The van der Waals surface area contributed by atoms with Crippen LogP contribution in [0.2, 0.25) is 0 Å². The largest absolute Gasteiger partial charge is 0.381 e. The third-order valence-electron chi connectivity index (χ3n) is 4.17. The lowest BCUT2D eigenvalue weighted by Crippen LogP contribution is -2.46. The molecular weight excluding hydrogens is 264 g/mol. The van der Waals surface area contributed by atoms with Crippen molar-refractivity contribution in [3.05, 3.63) is 0 Å². The molecule has 2 rings (SSSR count). The van der Waals surface area contributed by atoms with Crippen molar-refractivity contribution in [1.29, 1.82) is 0 Å². The fraction of sp³-hybridized carbons (Fsp3) is 1.00. The Hall–Kier alpha value is -0.170. The minimum atomic E-state index is -3.14. The molecule has 19 heavy (non-hydrogen) atoms. The van der Waals surface area contributed by atoms with E-state index in [4.69, 9.17) is 4.74 Å². The van der Waals surface area contributed by atoms with Gasteiger partial charge in [0.15, 0.2) is 0 Å². The van der Waals surface area contributed by atoms with E-state index in [2.05, 4.69) is 5.32 Å². The van der Waals surface area contributed by atoms with Gasteiger partial charge in [-0.25, -0.2) is 12.7 Å². The van der Waals surface area contributed by atoms with Gasteiger partial charge in [-0.1, -0.05) is 0 Å². The Bertz CT molecular complexity index is 366. The third kappa shape index (κ3) is 4.15. The van der Waals surface area contributed by atoms with E-state index in [-0.39, 0.29) is 5.75 Å². The molecule has 1 N–H and O–H groups in total. The van der Waals surface area contributed by atoms with Crippen LogP contribution in [0.25, 0.3) is 0 Å². The van der Waals surface area contributed by atoms with E-state index in [9.17, 15) is 8.42 Å². The number of ether oxygens (including phenoxy) is 1. The molecule has 2 fully saturated rings. The van der Waals surface area contributed by atoms with Gasteiger partial charge in [-0.15, -0.1) is 0 Å². The first-order valence-corrected chi connectivity index (χ1v) is 9.03. The van der Waals surface area contributed by atoms with Crippen LogP contribution >= 0.6 is 0 Å². The number of hydrogen-bond donors (Lipinski definition) is 1. The van der Waals surface area contributed by atoms with Crippen molar-refractivity contribution < 1.29 is 13.2 Å². The second kappa shape index (κ2) is 7.02. The zero-order chi connectivity index (χ0) is 13.7. The summed E-state index contributed by atoms with van der Waals surface area (Å²) < 4.78 is 31.3. The maximum Gasteiger partial charge on any atom is 0.216 e. The molecule has 0 aromatic rings. The first-order chi connectivity index (χ1) is 9.13. The van der Waals surface area contributed by atoms with Crippen LogP contribution in [0, 0.1) is 5.92 Å². The lowest BCUT2D eigenvalue weighted by molar-refractivity contribution is 0.161. The van der Waals surface area contributed by atoms with Crippen LogP contribution in [0.1, 0.15) is 32.6 Å². The van der Waals surface area contributed by atoms with E-state index in [1.165, 1.54) is 12.8 Å². The molecule has 2 aliphatic rings. The first kappa shape index (κ1) is 15.2. The van der Waals surface area contributed by atoms with Gasteiger partial charge in [0.1, 0.15) is 0 Å². The van der Waals surface area contributed by atoms with Crippen molar-refractivity contribution in [3.8, 4) is 0 Å². The summed E-state index contributed by atoms with van der Waals surface area (Å²) in [6, 6.07) is 0.518. The Morgan fingerprint density at radius 1 is 1.32 bits per heavy atom. The highest BCUT2D eigenvalue weighted by Gasteiger charge is 2.33. The highest BCUT2D eigenvalue weighted by atomic mass is 32.2. The van der Waals surface area contributed by atoms with Crippen LogP contribution in [-0.2, 0) is 14.8 Å². The minimum absolute atomic E-state index is 0.117. The fourth-order valence-corrected chi connectivity index (χ4v) is 4.52. The van der Waals surface area contributed by atoms with Crippen molar-refractivity contribution in [2.75, 3.05) is 38.6 Å². The maximum absolute atomic E-state index is 12.2. The standard InChI is InChI=1S/C13H26N2O3S/c1-2-18-9-10-19(16,17)15-8-4-5-12(11-15)13-6-3-7-14-13/h12-14H,2-11H2,1H3. The van der Waals surface area contributed by atoms with Gasteiger partial charge in [-0.2, -0.15) is 0 Å². The van der Waals surface area contributed by atoms with Crippen molar-refractivity contribution in [2.45, 2.75) is 38.6 Å². The second-order valence-electron chi connectivity index (χ2n) is 5.48.